The van der Waals surface area contributed by atoms with E-state index in [0.29, 0.717) is 12.4 Å². The number of amides is 1. The van der Waals surface area contributed by atoms with Crippen molar-refractivity contribution in [2.75, 3.05) is 5.43 Å². The number of nitrogens with one attached hydrogen (secondary N) is 2. The maximum atomic E-state index is 11.4. The van der Waals surface area contributed by atoms with Crippen LogP contribution in [0.1, 0.15) is 26.3 Å². The summed E-state index contributed by atoms with van der Waals surface area (Å²) < 4.78 is 5.10. The first-order valence-electron chi connectivity index (χ1n) is 5.29. The number of rotatable bonds is 3. The van der Waals surface area contributed by atoms with Gasteiger partial charge in [0.05, 0.1) is 0 Å². The van der Waals surface area contributed by atoms with Crippen molar-refractivity contribution >= 4 is 11.9 Å². The topological polar surface area (TPSA) is 89.3 Å². The van der Waals surface area contributed by atoms with Crippen molar-refractivity contribution in [3.8, 4) is 0 Å². The Bertz CT molecular complexity index is 370. The molecule has 1 aromatic rings. The minimum Gasteiger partial charge on any atom is -0.444 e. The Kier molecular flexibility index (Phi) is 4.28. The molecule has 1 rings (SSSR count). The van der Waals surface area contributed by atoms with E-state index in [9.17, 15) is 4.79 Å². The third kappa shape index (κ3) is 5.17. The van der Waals surface area contributed by atoms with Gasteiger partial charge in [0.25, 0.3) is 0 Å². The third-order valence-corrected chi connectivity index (χ3v) is 1.81. The van der Waals surface area contributed by atoms with Gasteiger partial charge in [0, 0.05) is 12.7 Å². The van der Waals surface area contributed by atoms with Gasteiger partial charge < -0.3 is 15.5 Å². The Hall–Kier alpha value is -1.82. The number of nitrogen functional groups attached to an aromatic ring is 1. The SMILES string of the molecule is CC(C)(C)OC(=O)NCc1ccc(NN)nc1. The van der Waals surface area contributed by atoms with E-state index in [1.165, 1.54) is 0 Å². The average Bonchev–Trinajstić information content (AvgIpc) is 2.25. The van der Waals surface area contributed by atoms with E-state index in [1.54, 1.807) is 12.3 Å². The van der Waals surface area contributed by atoms with Crippen LogP contribution in [0.25, 0.3) is 0 Å². The molecule has 0 atom stereocenters. The normalized spacial score (nSPS) is 10.8. The molecule has 0 aliphatic rings. The van der Waals surface area contributed by atoms with Crippen molar-refractivity contribution in [1.82, 2.24) is 10.3 Å². The Balaban J connectivity index is 2.42. The van der Waals surface area contributed by atoms with Crippen molar-refractivity contribution in [1.29, 1.82) is 0 Å². The minimum absolute atomic E-state index is 0.368. The van der Waals surface area contributed by atoms with E-state index < -0.39 is 11.7 Å². The van der Waals surface area contributed by atoms with Crippen LogP contribution in [0.3, 0.4) is 0 Å². The summed E-state index contributed by atoms with van der Waals surface area (Å²) in [6, 6.07) is 3.55. The molecule has 0 bridgehead atoms. The number of hydrogen-bond donors (Lipinski definition) is 3. The van der Waals surface area contributed by atoms with Crippen molar-refractivity contribution in [2.45, 2.75) is 32.9 Å². The number of carbonyl (C=O) groups is 1. The summed E-state index contributed by atoms with van der Waals surface area (Å²) in [5, 5.41) is 2.64. The smallest absolute Gasteiger partial charge is 0.407 e. The highest BCUT2D eigenvalue weighted by molar-refractivity contribution is 5.67. The van der Waals surface area contributed by atoms with Crippen LogP contribution in [-0.2, 0) is 11.3 Å². The number of alkyl carbamates (subject to hydrolysis) is 1. The fourth-order valence-electron chi connectivity index (χ4n) is 1.10. The molecule has 6 nitrogen and oxygen atoms in total. The predicted molar refractivity (Wildman–Crippen MR) is 65.1 cm³/mol. The van der Waals surface area contributed by atoms with E-state index >= 15 is 0 Å². The lowest BCUT2D eigenvalue weighted by molar-refractivity contribution is 0.0523. The summed E-state index contributed by atoms with van der Waals surface area (Å²) in [6.07, 6.45) is 1.19. The van der Waals surface area contributed by atoms with Crippen LogP contribution in [0.5, 0.6) is 0 Å². The quantitative estimate of drug-likeness (QED) is 0.547. The number of hydrazine groups is 1. The van der Waals surface area contributed by atoms with Crippen LogP contribution in [0.4, 0.5) is 10.6 Å². The number of nitrogens with zero attached hydrogens (tertiary/aromatic N) is 1. The number of pyridine rings is 1. The lowest BCUT2D eigenvalue weighted by Gasteiger charge is -2.19. The monoisotopic (exact) mass is 238 g/mol. The summed E-state index contributed by atoms with van der Waals surface area (Å²) in [5.41, 5.74) is 2.81. The van der Waals surface area contributed by atoms with Gasteiger partial charge in [-0.15, -0.1) is 0 Å². The van der Waals surface area contributed by atoms with Crippen molar-refractivity contribution in [3.63, 3.8) is 0 Å². The van der Waals surface area contributed by atoms with E-state index in [0.717, 1.165) is 5.56 Å². The first-order chi connectivity index (χ1) is 7.90. The van der Waals surface area contributed by atoms with Gasteiger partial charge in [0.1, 0.15) is 11.4 Å². The first-order valence-corrected chi connectivity index (χ1v) is 5.29. The van der Waals surface area contributed by atoms with E-state index in [4.69, 9.17) is 10.6 Å². The minimum atomic E-state index is -0.490. The molecule has 0 aliphatic heterocycles. The zero-order valence-corrected chi connectivity index (χ0v) is 10.3. The molecule has 0 saturated carbocycles. The summed E-state index contributed by atoms with van der Waals surface area (Å²) in [7, 11) is 0. The van der Waals surface area contributed by atoms with Gasteiger partial charge in [-0.3, -0.25) is 0 Å². The Labute approximate surface area is 101 Å². The van der Waals surface area contributed by atoms with Gasteiger partial charge in [-0.25, -0.2) is 15.6 Å². The van der Waals surface area contributed by atoms with Crippen LogP contribution < -0.4 is 16.6 Å². The number of hydrogen-bond acceptors (Lipinski definition) is 5. The zero-order chi connectivity index (χ0) is 12.9. The van der Waals surface area contributed by atoms with Gasteiger partial charge >= 0.3 is 6.09 Å². The molecule has 0 radical (unpaired) electrons. The summed E-state index contributed by atoms with van der Waals surface area (Å²) in [4.78, 5) is 15.4. The molecule has 0 spiro atoms. The number of carbonyl (C=O) groups excluding carboxylic acids is 1. The molecule has 0 unspecified atom stereocenters. The Morgan fingerprint density at radius 2 is 2.18 bits per heavy atom. The number of aromatic nitrogens is 1. The Morgan fingerprint density at radius 1 is 1.47 bits per heavy atom. The number of anilines is 1. The van der Waals surface area contributed by atoms with Crippen LogP contribution in [-0.4, -0.2) is 16.7 Å². The second-order valence-electron chi connectivity index (χ2n) is 4.55. The lowest BCUT2D eigenvalue weighted by atomic mass is 10.2. The van der Waals surface area contributed by atoms with Gasteiger partial charge in [0.15, 0.2) is 0 Å². The predicted octanol–water partition coefficient (Wildman–Crippen LogP) is 1.39. The molecular weight excluding hydrogens is 220 g/mol. The van der Waals surface area contributed by atoms with E-state index in [1.807, 2.05) is 26.8 Å². The summed E-state index contributed by atoms with van der Waals surface area (Å²) >= 11 is 0. The zero-order valence-electron chi connectivity index (χ0n) is 10.3. The molecule has 0 aliphatic carbocycles. The highest BCUT2D eigenvalue weighted by Crippen LogP contribution is 2.07. The second kappa shape index (κ2) is 5.49. The van der Waals surface area contributed by atoms with E-state index in [-0.39, 0.29) is 0 Å². The van der Waals surface area contributed by atoms with Gasteiger partial charge in [0.2, 0.25) is 0 Å². The standard InChI is InChI=1S/C11H18N4O2/c1-11(2,3)17-10(16)14-7-8-4-5-9(15-12)13-6-8/h4-6H,7,12H2,1-3H3,(H,13,15)(H,14,16). The maximum Gasteiger partial charge on any atom is 0.407 e. The molecule has 1 heterocycles. The van der Waals surface area contributed by atoms with Crippen LogP contribution in [0.15, 0.2) is 18.3 Å². The average molecular weight is 238 g/mol. The van der Waals surface area contributed by atoms with Gasteiger partial charge in [-0.05, 0) is 32.4 Å². The largest absolute Gasteiger partial charge is 0.444 e. The van der Waals surface area contributed by atoms with Crippen molar-refractivity contribution in [3.05, 3.63) is 23.9 Å². The Morgan fingerprint density at radius 3 is 2.65 bits per heavy atom. The van der Waals surface area contributed by atoms with Crippen molar-refractivity contribution < 1.29 is 9.53 Å². The molecule has 0 saturated heterocycles. The summed E-state index contributed by atoms with van der Waals surface area (Å²) in [6.45, 7) is 5.81. The van der Waals surface area contributed by atoms with Crippen molar-refractivity contribution in [2.24, 2.45) is 5.84 Å². The number of ether oxygens (including phenoxy) is 1. The highest BCUT2D eigenvalue weighted by Gasteiger charge is 2.15. The molecule has 0 aromatic carbocycles. The van der Waals surface area contributed by atoms with Crippen LogP contribution >= 0.6 is 0 Å². The maximum absolute atomic E-state index is 11.4. The summed E-state index contributed by atoms with van der Waals surface area (Å²) in [5.74, 6) is 5.76. The highest BCUT2D eigenvalue weighted by atomic mass is 16.6. The fraction of sp³-hybridized carbons (Fsp3) is 0.455. The van der Waals surface area contributed by atoms with Crippen LogP contribution in [0, 0.1) is 0 Å². The first kappa shape index (κ1) is 13.2. The number of nitrogens with two attached hydrogens (primary N) is 1. The molecule has 17 heavy (non-hydrogen) atoms. The lowest BCUT2D eigenvalue weighted by Crippen LogP contribution is -2.32. The molecule has 1 amide bonds. The van der Waals surface area contributed by atoms with Gasteiger partial charge in [-0.1, -0.05) is 6.07 Å². The molecule has 0 fully saturated rings. The molecule has 1 aromatic heterocycles. The van der Waals surface area contributed by atoms with E-state index in [2.05, 4.69) is 15.7 Å². The van der Waals surface area contributed by atoms with Crippen LogP contribution in [0.2, 0.25) is 0 Å². The van der Waals surface area contributed by atoms with Gasteiger partial charge in [-0.2, -0.15) is 0 Å². The third-order valence-electron chi connectivity index (χ3n) is 1.81. The second-order valence-corrected chi connectivity index (χ2v) is 4.55. The molecule has 6 heteroatoms. The molecule has 94 valence electrons. The molecular formula is C11H18N4O2. The fourth-order valence-corrected chi connectivity index (χ4v) is 1.10. The molecule has 4 N–H and O–H groups in total.